The number of aromatic nitrogens is 3. The molecule has 152 valence electrons. The van der Waals surface area contributed by atoms with Crippen LogP contribution in [-0.4, -0.2) is 60.6 Å². The highest BCUT2D eigenvalue weighted by Crippen LogP contribution is 2.20. The summed E-state index contributed by atoms with van der Waals surface area (Å²) < 4.78 is 38.7. The van der Waals surface area contributed by atoms with Crippen molar-refractivity contribution >= 4 is 20.9 Å². The number of hydrogen-bond donors (Lipinski definition) is 0. The summed E-state index contributed by atoms with van der Waals surface area (Å²) in [6.07, 6.45) is 0. The van der Waals surface area contributed by atoms with Gasteiger partial charge < -0.3 is 9.47 Å². The van der Waals surface area contributed by atoms with E-state index in [1.54, 1.807) is 36.4 Å². The van der Waals surface area contributed by atoms with E-state index >= 15 is 0 Å². The Morgan fingerprint density at radius 1 is 1.03 bits per heavy atom. The summed E-state index contributed by atoms with van der Waals surface area (Å²) in [5.41, 5.74) is 0.317. The highest BCUT2D eigenvalue weighted by atomic mass is 32.2. The summed E-state index contributed by atoms with van der Waals surface area (Å²) in [5, 5.41) is 8.44. The lowest BCUT2D eigenvalue weighted by Gasteiger charge is -2.26. The van der Waals surface area contributed by atoms with Crippen LogP contribution in [0.25, 0.3) is 10.9 Å². The summed E-state index contributed by atoms with van der Waals surface area (Å²) in [6.45, 7) is 1.92. The van der Waals surface area contributed by atoms with E-state index in [2.05, 4.69) is 10.3 Å². The first-order chi connectivity index (χ1) is 14.1. The third kappa shape index (κ3) is 4.14. The third-order valence-corrected chi connectivity index (χ3v) is 6.55. The van der Waals surface area contributed by atoms with Gasteiger partial charge >= 0.3 is 0 Å². The van der Waals surface area contributed by atoms with Gasteiger partial charge in [-0.2, -0.15) is 4.31 Å². The number of rotatable bonds is 6. The van der Waals surface area contributed by atoms with Gasteiger partial charge in [-0.1, -0.05) is 17.3 Å². The monoisotopic (exact) mass is 416 g/mol. The first-order valence-electron chi connectivity index (χ1n) is 9.19. The van der Waals surface area contributed by atoms with E-state index in [9.17, 15) is 13.2 Å². The number of sulfonamides is 1. The Hall–Kier alpha value is -2.82. The fourth-order valence-corrected chi connectivity index (χ4v) is 4.47. The second-order valence-electron chi connectivity index (χ2n) is 6.47. The van der Waals surface area contributed by atoms with Gasteiger partial charge in [0.1, 0.15) is 17.9 Å². The Bertz CT molecular complexity index is 1160. The van der Waals surface area contributed by atoms with Gasteiger partial charge in [-0.25, -0.2) is 13.1 Å². The van der Waals surface area contributed by atoms with E-state index in [1.807, 2.05) is 0 Å². The van der Waals surface area contributed by atoms with Crippen molar-refractivity contribution in [2.24, 2.45) is 0 Å². The molecule has 29 heavy (non-hydrogen) atoms. The molecule has 0 aliphatic carbocycles. The zero-order valence-electron chi connectivity index (χ0n) is 15.6. The molecule has 0 spiro atoms. The lowest BCUT2D eigenvalue weighted by atomic mass is 10.2. The molecule has 0 radical (unpaired) electrons. The van der Waals surface area contributed by atoms with Crippen LogP contribution < -0.4 is 10.3 Å². The summed E-state index contributed by atoms with van der Waals surface area (Å²) >= 11 is 0. The first-order valence-corrected chi connectivity index (χ1v) is 10.6. The van der Waals surface area contributed by atoms with Crippen molar-refractivity contribution in [1.29, 1.82) is 0 Å². The number of fused-ring (bicyclic) bond motifs is 1. The zero-order valence-corrected chi connectivity index (χ0v) is 16.4. The second kappa shape index (κ2) is 8.27. The molecular formula is C19H20N4O5S. The van der Waals surface area contributed by atoms with E-state index < -0.39 is 10.0 Å². The van der Waals surface area contributed by atoms with E-state index in [4.69, 9.17) is 9.47 Å². The van der Waals surface area contributed by atoms with Gasteiger partial charge in [0.2, 0.25) is 10.0 Å². The van der Waals surface area contributed by atoms with Crippen LogP contribution in [0.3, 0.4) is 0 Å². The molecule has 0 bridgehead atoms. The quantitative estimate of drug-likeness (QED) is 0.588. The van der Waals surface area contributed by atoms with Crippen molar-refractivity contribution in [2.75, 3.05) is 32.9 Å². The fraction of sp³-hybridized carbons (Fsp3) is 0.316. The molecule has 9 nitrogen and oxygen atoms in total. The molecule has 0 N–H and O–H groups in total. The fourth-order valence-electron chi connectivity index (χ4n) is 3.06. The molecule has 2 heterocycles. The van der Waals surface area contributed by atoms with Gasteiger partial charge in [-0.3, -0.25) is 4.79 Å². The van der Waals surface area contributed by atoms with Crippen molar-refractivity contribution in [1.82, 2.24) is 19.3 Å². The van der Waals surface area contributed by atoms with Crippen molar-refractivity contribution < 1.29 is 17.9 Å². The van der Waals surface area contributed by atoms with E-state index in [-0.39, 0.29) is 23.6 Å². The number of benzene rings is 2. The van der Waals surface area contributed by atoms with Gasteiger partial charge in [0.25, 0.3) is 5.56 Å². The molecule has 10 heteroatoms. The first kappa shape index (κ1) is 19.5. The molecule has 1 aliphatic rings. The minimum absolute atomic E-state index is 0.197. The predicted molar refractivity (Wildman–Crippen MR) is 105 cm³/mol. The minimum atomic E-state index is -3.53. The van der Waals surface area contributed by atoms with Crippen LogP contribution in [0.2, 0.25) is 0 Å². The average molecular weight is 416 g/mol. The number of ether oxygens (including phenoxy) is 2. The maximum Gasteiger partial charge on any atom is 0.277 e. The summed E-state index contributed by atoms with van der Waals surface area (Å²) in [5.74, 6) is 0.507. The van der Waals surface area contributed by atoms with E-state index in [0.29, 0.717) is 43.0 Å². The zero-order chi connectivity index (χ0) is 20.3. The van der Waals surface area contributed by atoms with E-state index in [0.717, 1.165) is 0 Å². The lowest BCUT2D eigenvalue weighted by molar-refractivity contribution is 0.0730. The maximum atomic E-state index is 12.6. The standard InChI is InChI=1S/C19H20N4O5S/c24-19-17-3-1-2-4-18(17)20-21-23(19)11-14-28-15-5-7-16(8-6-15)29(25,26)22-9-12-27-13-10-22/h1-8H,9-14H2. The molecule has 1 fully saturated rings. The van der Waals surface area contributed by atoms with Crippen molar-refractivity contribution in [3.8, 4) is 5.75 Å². The smallest absolute Gasteiger partial charge is 0.277 e. The summed E-state index contributed by atoms with van der Waals surface area (Å²) in [6, 6.07) is 13.2. The molecule has 0 unspecified atom stereocenters. The predicted octanol–water partition coefficient (Wildman–Crippen LogP) is 0.891. The average Bonchev–Trinajstić information content (AvgIpc) is 2.76. The molecule has 4 rings (SSSR count). The Labute approximate surface area is 167 Å². The number of morpholine rings is 1. The molecule has 1 aromatic heterocycles. The van der Waals surface area contributed by atoms with Gasteiger partial charge in [0, 0.05) is 13.1 Å². The molecule has 0 amide bonds. The SMILES string of the molecule is O=c1c2ccccc2nnn1CCOc1ccc(S(=O)(=O)N2CCOCC2)cc1. The van der Waals surface area contributed by atoms with Crippen LogP contribution in [0.5, 0.6) is 5.75 Å². The molecule has 2 aromatic carbocycles. The van der Waals surface area contributed by atoms with Crippen molar-refractivity contribution in [3.63, 3.8) is 0 Å². The van der Waals surface area contributed by atoms with E-state index in [1.165, 1.54) is 21.1 Å². The molecule has 3 aromatic rings. The Morgan fingerprint density at radius 2 is 1.76 bits per heavy atom. The van der Waals surface area contributed by atoms with Gasteiger partial charge in [0.15, 0.2) is 0 Å². The van der Waals surface area contributed by atoms with Crippen LogP contribution >= 0.6 is 0 Å². The van der Waals surface area contributed by atoms with Crippen LogP contribution in [-0.2, 0) is 21.3 Å². The van der Waals surface area contributed by atoms with Gasteiger partial charge in [-0.05, 0) is 36.4 Å². The maximum absolute atomic E-state index is 12.6. The Balaban J connectivity index is 1.40. The van der Waals surface area contributed by atoms with Crippen LogP contribution in [0.15, 0.2) is 58.2 Å². The third-order valence-electron chi connectivity index (χ3n) is 4.63. The summed E-state index contributed by atoms with van der Waals surface area (Å²) in [7, 11) is -3.53. The minimum Gasteiger partial charge on any atom is -0.492 e. The van der Waals surface area contributed by atoms with Crippen molar-refractivity contribution in [2.45, 2.75) is 11.4 Å². The van der Waals surface area contributed by atoms with Gasteiger partial charge in [0.05, 0.1) is 30.0 Å². The van der Waals surface area contributed by atoms with Crippen molar-refractivity contribution in [3.05, 3.63) is 58.9 Å². The second-order valence-corrected chi connectivity index (χ2v) is 8.41. The molecular weight excluding hydrogens is 396 g/mol. The van der Waals surface area contributed by atoms with Crippen LogP contribution in [0.1, 0.15) is 0 Å². The molecule has 1 saturated heterocycles. The molecule has 0 saturated carbocycles. The van der Waals surface area contributed by atoms with Crippen LogP contribution in [0.4, 0.5) is 0 Å². The topological polar surface area (TPSA) is 104 Å². The Morgan fingerprint density at radius 3 is 2.52 bits per heavy atom. The normalized spacial score (nSPS) is 15.4. The van der Waals surface area contributed by atoms with Gasteiger partial charge in [-0.15, -0.1) is 5.10 Å². The largest absolute Gasteiger partial charge is 0.492 e. The molecule has 0 atom stereocenters. The Kier molecular flexibility index (Phi) is 5.56. The number of hydrogen-bond acceptors (Lipinski definition) is 7. The molecule has 1 aliphatic heterocycles. The van der Waals surface area contributed by atoms with Crippen LogP contribution in [0, 0.1) is 0 Å². The highest BCUT2D eigenvalue weighted by Gasteiger charge is 2.26. The summed E-state index contributed by atoms with van der Waals surface area (Å²) in [4.78, 5) is 12.6. The number of nitrogens with zero attached hydrogens (tertiary/aromatic N) is 4. The highest BCUT2D eigenvalue weighted by molar-refractivity contribution is 7.89. The lowest BCUT2D eigenvalue weighted by Crippen LogP contribution is -2.40.